The van der Waals surface area contributed by atoms with E-state index in [1.165, 1.54) is 16.8 Å². The van der Waals surface area contributed by atoms with Gasteiger partial charge < -0.3 is 5.32 Å². The number of nitrogens with one attached hydrogen (secondary N) is 1. The van der Waals surface area contributed by atoms with Crippen molar-refractivity contribution in [2.24, 2.45) is 0 Å². The summed E-state index contributed by atoms with van der Waals surface area (Å²) in [7, 11) is 0. The first-order valence-electron chi connectivity index (χ1n) is 6.66. The lowest BCUT2D eigenvalue weighted by Crippen LogP contribution is -2.29. The minimum Gasteiger partial charge on any atom is -0.351 e. The van der Waals surface area contributed by atoms with Crippen LogP contribution in [0, 0.1) is 0 Å². The number of unbranched alkanes of at least 4 members (excludes halogenated alkanes) is 1. The highest BCUT2D eigenvalue weighted by atomic mass is 16.2. The van der Waals surface area contributed by atoms with Crippen LogP contribution in [-0.2, 0) is 0 Å². The van der Waals surface area contributed by atoms with Crippen LogP contribution in [0.4, 0.5) is 0 Å². The summed E-state index contributed by atoms with van der Waals surface area (Å²) in [5.41, 5.74) is 0.617. The Bertz CT molecular complexity index is 635. The lowest BCUT2D eigenvalue weighted by Gasteiger charge is -2.07. The molecule has 0 aliphatic carbocycles. The van der Waals surface area contributed by atoms with Gasteiger partial charge >= 0.3 is 0 Å². The maximum Gasteiger partial charge on any atom is 0.271 e. The van der Waals surface area contributed by atoms with Gasteiger partial charge in [0.25, 0.3) is 11.5 Å². The van der Waals surface area contributed by atoms with Gasteiger partial charge in [0.2, 0.25) is 0 Å². The van der Waals surface area contributed by atoms with Crippen LogP contribution >= 0.6 is 0 Å². The molecule has 2 rings (SSSR count). The molecule has 0 saturated carbocycles. The predicted molar refractivity (Wildman–Crippen MR) is 77.1 cm³/mol. The van der Waals surface area contributed by atoms with Crippen molar-refractivity contribution in [3.63, 3.8) is 0 Å². The summed E-state index contributed by atoms with van der Waals surface area (Å²) in [5.74, 6) is -0.261. The first-order chi connectivity index (χ1) is 9.72. The van der Waals surface area contributed by atoms with Gasteiger partial charge in [0, 0.05) is 12.6 Å². The van der Waals surface area contributed by atoms with Crippen LogP contribution in [0.2, 0.25) is 0 Å². The molecular weight excluding hydrogens is 254 g/mol. The van der Waals surface area contributed by atoms with Crippen molar-refractivity contribution in [3.05, 3.63) is 58.5 Å². The molecule has 1 aromatic heterocycles. The molecule has 0 radical (unpaired) electrons. The maximum absolute atomic E-state index is 11.9. The number of amides is 1. The highest BCUT2D eigenvalue weighted by Gasteiger charge is 2.09. The minimum absolute atomic E-state index is 0.240. The molecule has 0 fully saturated rings. The Balaban J connectivity index is 2.25. The van der Waals surface area contributed by atoms with E-state index in [9.17, 15) is 9.59 Å². The Morgan fingerprint density at radius 3 is 2.65 bits per heavy atom. The summed E-state index contributed by atoms with van der Waals surface area (Å²) < 4.78 is 1.23. The zero-order chi connectivity index (χ0) is 14.4. The van der Waals surface area contributed by atoms with E-state index in [4.69, 9.17) is 0 Å². The quantitative estimate of drug-likeness (QED) is 0.843. The summed E-state index contributed by atoms with van der Waals surface area (Å²) in [6, 6.07) is 11.8. The van der Waals surface area contributed by atoms with Gasteiger partial charge in [-0.3, -0.25) is 9.59 Å². The van der Waals surface area contributed by atoms with Crippen molar-refractivity contribution < 1.29 is 4.79 Å². The van der Waals surface area contributed by atoms with Crippen LogP contribution in [-0.4, -0.2) is 22.2 Å². The Hall–Kier alpha value is -2.43. The first-order valence-corrected chi connectivity index (χ1v) is 6.66. The van der Waals surface area contributed by atoms with Crippen LogP contribution in [0.1, 0.15) is 30.3 Å². The van der Waals surface area contributed by atoms with Gasteiger partial charge in [0.05, 0.1) is 5.69 Å². The monoisotopic (exact) mass is 271 g/mol. The minimum atomic E-state index is -0.263. The second kappa shape index (κ2) is 6.65. The molecule has 5 heteroatoms. The number of nitrogens with zero attached hydrogens (tertiary/aromatic N) is 2. The van der Waals surface area contributed by atoms with Gasteiger partial charge in [-0.2, -0.15) is 9.78 Å². The molecule has 0 bridgehead atoms. The molecule has 0 unspecified atom stereocenters. The smallest absolute Gasteiger partial charge is 0.271 e. The summed E-state index contributed by atoms with van der Waals surface area (Å²) in [6.45, 7) is 2.67. The molecule has 0 aliphatic rings. The fourth-order valence-electron chi connectivity index (χ4n) is 1.76. The molecular formula is C15H17N3O2. The Kier molecular flexibility index (Phi) is 4.65. The number of benzene rings is 1. The third-order valence-electron chi connectivity index (χ3n) is 2.85. The molecule has 1 aromatic carbocycles. The van der Waals surface area contributed by atoms with Gasteiger partial charge in [0.1, 0.15) is 5.69 Å². The van der Waals surface area contributed by atoms with Crippen molar-refractivity contribution in [1.82, 2.24) is 15.1 Å². The van der Waals surface area contributed by atoms with Gasteiger partial charge in [-0.05, 0) is 24.6 Å². The van der Waals surface area contributed by atoms with Crippen LogP contribution < -0.4 is 10.9 Å². The molecule has 1 heterocycles. The number of carbonyl (C=O) groups excluding carboxylic acids is 1. The molecule has 5 nitrogen and oxygen atoms in total. The first kappa shape index (κ1) is 14.0. The van der Waals surface area contributed by atoms with Crippen LogP contribution in [0.15, 0.2) is 47.3 Å². The number of rotatable bonds is 5. The van der Waals surface area contributed by atoms with E-state index >= 15 is 0 Å². The average molecular weight is 271 g/mol. The predicted octanol–water partition coefficient (Wildman–Crippen LogP) is 1.76. The van der Waals surface area contributed by atoms with E-state index in [1.807, 2.05) is 18.2 Å². The van der Waals surface area contributed by atoms with Crippen LogP contribution in [0.3, 0.4) is 0 Å². The molecule has 20 heavy (non-hydrogen) atoms. The lowest BCUT2D eigenvalue weighted by molar-refractivity contribution is 0.0946. The number of para-hydroxylation sites is 1. The Morgan fingerprint density at radius 1 is 1.20 bits per heavy atom. The molecule has 2 aromatic rings. The number of hydrogen-bond acceptors (Lipinski definition) is 3. The summed E-state index contributed by atoms with van der Waals surface area (Å²) in [6.07, 6.45) is 1.93. The second-order valence-corrected chi connectivity index (χ2v) is 4.41. The van der Waals surface area contributed by atoms with Crippen molar-refractivity contribution >= 4 is 5.91 Å². The second-order valence-electron chi connectivity index (χ2n) is 4.41. The molecule has 1 amide bonds. The number of aromatic nitrogens is 2. The molecule has 0 aliphatic heterocycles. The van der Waals surface area contributed by atoms with Gasteiger partial charge in [0.15, 0.2) is 0 Å². The lowest BCUT2D eigenvalue weighted by atomic mass is 10.3. The van der Waals surface area contributed by atoms with E-state index in [-0.39, 0.29) is 17.2 Å². The Morgan fingerprint density at radius 2 is 1.95 bits per heavy atom. The fraction of sp³-hybridized carbons (Fsp3) is 0.267. The van der Waals surface area contributed by atoms with Gasteiger partial charge in [-0.15, -0.1) is 0 Å². The molecule has 1 N–H and O–H groups in total. The highest BCUT2D eigenvalue weighted by Crippen LogP contribution is 2.02. The zero-order valence-corrected chi connectivity index (χ0v) is 11.4. The normalized spacial score (nSPS) is 10.2. The topological polar surface area (TPSA) is 64.0 Å². The number of carbonyl (C=O) groups is 1. The standard InChI is InChI=1S/C15H17N3O2/c1-2-3-11-16-15(20)13-9-10-14(19)18(17-13)12-7-5-4-6-8-12/h4-10H,2-3,11H2,1H3,(H,16,20). The molecule has 0 saturated heterocycles. The number of hydrogen-bond donors (Lipinski definition) is 1. The van der Waals surface area contributed by atoms with Crippen LogP contribution in [0.25, 0.3) is 5.69 Å². The SMILES string of the molecule is CCCCNC(=O)c1ccc(=O)n(-c2ccccc2)n1. The summed E-state index contributed by atoms with van der Waals surface area (Å²) in [5, 5.41) is 6.89. The van der Waals surface area contributed by atoms with E-state index in [1.54, 1.807) is 12.1 Å². The van der Waals surface area contributed by atoms with E-state index in [0.717, 1.165) is 12.8 Å². The third-order valence-corrected chi connectivity index (χ3v) is 2.85. The molecule has 104 valence electrons. The van der Waals surface area contributed by atoms with Crippen molar-refractivity contribution in [3.8, 4) is 5.69 Å². The largest absolute Gasteiger partial charge is 0.351 e. The van der Waals surface area contributed by atoms with Crippen molar-refractivity contribution in [2.75, 3.05) is 6.54 Å². The van der Waals surface area contributed by atoms with E-state index < -0.39 is 0 Å². The maximum atomic E-state index is 11.9. The molecule has 0 spiro atoms. The zero-order valence-electron chi connectivity index (χ0n) is 11.4. The molecule has 0 atom stereocenters. The van der Waals surface area contributed by atoms with Gasteiger partial charge in [-0.25, -0.2) is 0 Å². The fourth-order valence-corrected chi connectivity index (χ4v) is 1.76. The Labute approximate surface area is 117 Å². The van der Waals surface area contributed by atoms with E-state index in [2.05, 4.69) is 17.3 Å². The third kappa shape index (κ3) is 3.32. The summed E-state index contributed by atoms with van der Waals surface area (Å²) in [4.78, 5) is 23.7. The van der Waals surface area contributed by atoms with Crippen molar-refractivity contribution in [1.29, 1.82) is 0 Å². The average Bonchev–Trinajstić information content (AvgIpc) is 2.49. The highest BCUT2D eigenvalue weighted by molar-refractivity contribution is 5.92. The van der Waals surface area contributed by atoms with Crippen LogP contribution in [0.5, 0.6) is 0 Å². The summed E-state index contributed by atoms with van der Waals surface area (Å²) >= 11 is 0. The van der Waals surface area contributed by atoms with Gasteiger partial charge in [-0.1, -0.05) is 31.5 Å². The van der Waals surface area contributed by atoms with E-state index in [0.29, 0.717) is 12.2 Å². The van der Waals surface area contributed by atoms with Crippen molar-refractivity contribution in [2.45, 2.75) is 19.8 Å².